The number of allylic oxidation sites excluding steroid dienone is 2. The lowest BCUT2D eigenvalue weighted by atomic mass is 9.89. The number of thiophene rings is 1. The molecule has 0 aromatic carbocycles. The highest BCUT2D eigenvalue weighted by atomic mass is 32.1. The van der Waals surface area contributed by atoms with Crippen LogP contribution in [-0.4, -0.2) is 33.9 Å². The number of esters is 1. The number of unbranched alkanes of at least 4 members (excludes halogenated alkanes) is 1. The Morgan fingerprint density at radius 1 is 1.34 bits per heavy atom. The Bertz CT molecular complexity index is 780. The van der Waals surface area contributed by atoms with Crippen molar-refractivity contribution < 1.29 is 23.1 Å². The van der Waals surface area contributed by atoms with E-state index in [1.54, 1.807) is 11.3 Å². The number of aryl methyl sites for hydroxylation is 2. The molecule has 9 heteroatoms. The Kier molecular flexibility index (Phi) is 12.2. The van der Waals surface area contributed by atoms with E-state index in [1.807, 2.05) is 0 Å². The molecule has 1 aromatic rings. The third-order valence-corrected chi connectivity index (χ3v) is 7.95. The molecular weight excluding hydrogens is 481 g/mol. The third-order valence-electron chi connectivity index (χ3n) is 6.11. The minimum atomic E-state index is -0.326. The van der Waals surface area contributed by atoms with Gasteiger partial charge in [0.2, 0.25) is 0 Å². The van der Waals surface area contributed by atoms with Gasteiger partial charge in [-0.3, -0.25) is 4.79 Å². The van der Waals surface area contributed by atoms with E-state index in [0.29, 0.717) is 6.42 Å². The van der Waals surface area contributed by atoms with Crippen molar-refractivity contribution in [3.63, 3.8) is 0 Å². The van der Waals surface area contributed by atoms with Gasteiger partial charge in [0.05, 0.1) is 28.0 Å². The summed E-state index contributed by atoms with van der Waals surface area (Å²) in [6.45, 7) is 2.14. The number of carbonyl (C=O) groups is 1. The highest BCUT2D eigenvalue weighted by molar-refractivity contribution is 7.10. The molecule has 2 rings (SSSR count). The smallest absolute Gasteiger partial charge is 0.305 e. The number of methoxy groups -OCH3 is 1. The topological polar surface area (TPSA) is 54.0 Å². The van der Waals surface area contributed by atoms with Crippen LogP contribution in [0.25, 0.3) is 0 Å². The number of hydrogen-bond acceptors (Lipinski definition) is 6. The predicted octanol–water partition coefficient (Wildman–Crippen LogP) is 6.00. The summed E-state index contributed by atoms with van der Waals surface area (Å²) in [5.74, 6) is 0.137. The van der Waals surface area contributed by atoms with E-state index in [1.165, 1.54) is 17.6 Å². The summed E-state index contributed by atoms with van der Waals surface area (Å²) in [4.78, 5) is 12.6. The van der Waals surface area contributed by atoms with Crippen molar-refractivity contribution in [3.8, 4) is 0 Å². The Hall–Kier alpha value is -0.180. The Balaban J connectivity index is 2.03. The summed E-state index contributed by atoms with van der Waals surface area (Å²) in [6, 6.07) is 2.16. The average molecular weight is 523 g/mol. The summed E-state index contributed by atoms with van der Waals surface area (Å²) in [6.07, 6.45) is 13.7. The quantitative estimate of drug-likeness (QED) is 0.115. The maximum Gasteiger partial charge on any atom is 0.305 e. The summed E-state index contributed by atoms with van der Waals surface area (Å²) in [5, 5.41) is 2.11. The second-order valence-corrected chi connectivity index (χ2v) is 9.93. The molecule has 0 amide bonds. The van der Waals surface area contributed by atoms with Gasteiger partial charge in [-0.05, 0) is 62.0 Å². The lowest BCUT2D eigenvalue weighted by Gasteiger charge is -2.22. The van der Waals surface area contributed by atoms with Gasteiger partial charge >= 0.3 is 5.97 Å². The lowest BCUT2D eigenvalue weighted by molar-refractivity contribution is -0.140. The van der Waals surface area contributed by atoms with Crippen LogP contribution in [0.4, 0.5) is 0 Å². The van der Waals surface area contributed by atoms with Gasteiger partial charge in [0.25, 0.3) is 0 Å². The molecule has 1 heterocycles. The van der Waals surface area contributed by atoms with Crippen molar-refractivity contribution in [2.45, 2.75) is 70.2 Å². The molecule has 3 unspecified atom stereocenters. The first kappa shape index (κ1) is 24.9. The normalized spacial score (nSPS) is 26.1. The van der Waals surface area contributed by atoms with Gasteiger partial charge in [-0.2, -0.15) is 0 Å². The van der Waals surface area contributed by atoms with Crippen molar-refractivity contribution in [1.29, 1.82) is 2.56 Å². The highest BCUT2D eigenvalue weighted by Crippen LogP contribution is 2.41. The monoisotopic (exact) mass is 522 g/mol. The van der Waals surface area contributed by atoms with E-state index in [2.05, 4.69) is 56.9 Å². The first-order valence-electron chi connectivity index (χ1n) is 12.0. The van der Waals surface area contributed by atoms with Crippen LogP contribution in [0.15, 0.2) is 35.8 Å². The van der Waals surface area contributed by atoms with Crippen LogP contribution in [-0.2, 0) is 29.5 Å². The molecule has 0 radical (unpaired) electrons. The van der Waals surface area contributed by atoms with Gasteiger partial charge < -0.3 is 18.3 Å². The first-order valence-corrected chi connectivity index (χ1v) is 13.1. The van der Waals surface area contributed by atoms with E-state index in [9.17, 15) is 4.79 Å². The molecule has 5 nitrogen and oxygen atoms in total. The molecule has 1 aromatic heterocycles. The van der Waals surface area contributed by atoms with E-state index in [-0.39, 0.29) is 54.9 Å². The zero-order valence-electron chi connectivity index (χ0n) is 20.8. The number of carbonyl (C=O) groups excluding carboxylic acids is 1. The zero-order valence-corrected chi connectivity index (χ0v) is 22.8. The van der Waals surface area contributed by atoms with Crippen LogP contribution in [0.2, 0.25) is 0 Å². The van der Waals surface area contributed by atoms with Gasteiger partial charge in [-0.1, -0.05) is 24.3 Å². The summed E-state index contributed by atoms with van der Waals surface area (Å²) in [7, 11) is 3.15. The highest BCUT2D eigenvalue weighted by Gasteiger charge is 2.42. The standard InChI is InChI=1S/C23H37O5P3S/c1-16-17(13-14-32-16)9-10-18(26-29)11-12-20-19(21(27-30)15-22(20)28-31)7-5-3-4-6-8-23(24)25-2/h3,5,11-14,18-22H,4,6-10,15,29-31H2,1-2H3/t18-,19+,20+,21-,22+/m0/s1/i29T,31T/t18-,19+,20+,21-,22+,29?,31?. The fraction of sp³-hybridized carbons (Fsp3) is 0.609. The van der Waals surface area contributed by atoms with Crippen molar-refractivity contribution in [2.24, 2.45) is 11.8 Å². The van der Waals surface area contributed by atoms with Crippen LogP contribution in [0.3, 0.4) is 0 Å². The number of hydrogen-bond donors (Lipinski definition) is 0. The molecule has 0 aliphatic heterocycles. The molecular formula is C23H37O5P3S. The number of rotatable bonds is 16. The van der Waals surface area contributed by atoms with Gasteiger partial charge in [-0.25, -0.2) is 0 Å². The summed E-state index contributed by atoms with van der Waals surface area (Å²) in [5.41, 5.74) is 1.34. The molecule has 8 atom stereocenters. The molecule has 1 saturated carbocycles. The molecule has 0 saturated heterocycles. The summed E-state index contributed by atoms with van der Waals surface area (Å²) < 4.78 is 37.1. The van der Waals surface area contributed by atoms with E-state index in [0.717, 1.165) is 38.5 Å². The average Bonchev–Trinajstić information content (AvgIpc) is 3.40. The maximum absolute atomic E-state index is 11.3. The van der Waals surface area contributed by atoms with Crippen molar-refractivity contribution in [3.05, 3.63) is 46.2 Å². The second kappa shape index (κ2) is 15.7. The molecule has 180 valence electrons. The number of ether oxygens (including phenoxy) is 1. The van der Waals surface area contributed by atoms with Crippen LogP contribution in [0.5, 0.6) is 0 Å². The minimum Gasteiger partial charge on any atom is -0.469 e. The summed E-state index contributed by atoms with van der Waals surface area (Å²) >= 11 is 1.75. The van der Waals surface area contributed by atoms with Crippen LogP contribution in [0, 0.1) is 18.8 Å². The third kappa shape index (κ3) is 8.88. The van der Waals surface area contributed by atoms with Crippen molar-refractivity contribution in [1.82, 2.24) is 0 Å². The van der Waals surface area contributed by atoms with Crippen molar-refractivity contribution in [2.75, 3.05) is 7.11 Å². The van der Waals surface area contributed by atoms with Crippen LogP contribution in [0.1, 0.15) is 49.0 Å². The fourth-order valence-electron chi connectivity index (χ4n) is 4.20. The largest absolute Gasteiger partial charge is 0.469 e. The molecule has 0 spiro atoms. The maximum atomic E-state index is 11.3. The Morgan fingerprint density at radius 2 is 2.22 bits per heavy atom. The van der Waals surface area contributed by atoms with Crippen LogP contribution < -0.4 is 0 Å². The minimum absolute atomic E-state index is 0.0200. The van der Waals surface area contributed by atoms with E-state index >= 15 is 0 Å². The predicted molar refractivity (Wildman–Crippen MR) is 141 cm³/mol. The van der Waals surface area contributed by atoms with Gasteiger partial charge in [0.1, 0.15) is 0 Å². The Morgan fingerprint density at radius 3 is 2.91 bits per heavy atom. The van der Waals surface area contributed by atoms with Crippen molar-refractivity contribution >= 4 is 45.6 Å². The lowest BCUT2D eigenvalue weighted by Crippen LogP contribution is -2.21. The molecule has 32 heavy (non-hydrogen) atoms. The molecule has 0 bridgehead atoms. The van der Waals surface area contributed by atoms with Crippen LogP contribution >= 0.6 is 39.6 Å². The zero-order chi connectivity index (χ0) is 24.8. The molecule has 1 aliphatic carbocycles. The first-order chi connectivity index (χ1) is 16.5. The SMILES string of the molecule is [3H]PO[C@H](C=C[C@@H]1[C@@H](CC=CCCCC(=O)OC)[C@@H](OP)C[C@H]1OP[3H])CCc1ccsc1C. The van der Waals surface area contributed by atoms with E-state index in [4.69, 9.17) is 16.1 Å². The molecule has 1 fully saturated rings. The molecule has 0 N–H and O–H groups in total. The van der Waals surface area contributed by atoms with Gasteiger partial charge in [-0.15, -0.1) is 11.3 Å². The molecule has 1 aliphatic rings. The van der Waals surface area contributed by atoms with E-state index < -0.39 is 0 Å². The fourth-order valence-corrected chi connectivity index (χ4v) is 5.72. The Labute approximate surface area is 206 Å². The van der Waals surface area contributed by atoms with Gasteiger partial charge in [0, 0.05) is 51.9 Å². The van der Waals surface area contributed by atoms with Gasteiger partial charge in [0.15, 0.2) is 0 Å². The second-order valence-electron chi connectivity index (χ2n) is 8.07.